The molecule has 1 heteroatoms. The second kappa shape index (κ2) is 2.95. The Morgan fingerprint density at radius 2 is 1.71 bits per heavy atom. The van der Waals surface area contributed by atoms with Crippen molar-refractivity contribution in [1.29, 1.82) is 0 Å². The number of hydrogen-bond acceptors (Lipinski definition) is 0. The van der Waals surface area contributed by atoms with Gasteiger partial charge in [0.1, 0.15) is 0 Å². The van der Waals surface area contributed by atoms with Gasteiger partial charge in [0.05, 0.1) is 0 Å². The zero-order valence-electron chi connectivity index (χ0n) is 5.62. The maximum atomic E-state index is 2.36. The van der Waals surface area contributed by atoms with E-state index in [0.717, 1.165) is 0 Å². The molecule has 0 radical (unpaired) electrons. The Morgan fingerprint density at radius 3 is 1.71 bits per heavy atom. The molecule has 0 spiro atoms. The van der Waals surface area contributed by atoms with Crippen molar-refractivity contribution in [3.63, 3.8) is 0 Å². The normalized spacial score (nSPS) is 12.0. The topological polar surface area (TPSA) is 0 Å². The molecular formula is C6H14Te. The van der Waals surface area contributed by atoms with E-state index in [1.54, 1.807) is 0 Å². The average molecular weight is 214 g/mol. The van der Waals surface area contributed by atoms with Crippen LogP contribution in [0, 0.1) is 5.41 Å². The molecular weight excluding hydrogens is 200 g/mol. The Morgan fingerprint density at radius 1 is 1.29 bits per heavy atom. The molecule has 0 saturated heterocycles. The summed E-state index contributed by atoms with van der Waals surface area (Å²) in [5.41, 5.74) is 0.608. The van der Waals surface area contributed by atoms with Crippen LogP contribution in [0.15, 0.2) is 0 Å². The quantitative estimate of drug-likeness (QED) is 0.586. The molecule has 0 amide bonds. The van der Waals surface area contributed by atoms with Gasteiger partial charge in [-0.15, -0.1) is 0 Å². The van der Waals surface area contributed by atoms with Gasteiger partial charge in [-0.25, -0.2) is 0 Å². The molecule has 0 aromatic rings. The predicted octanol–water partition coefficient (Wildman–Crippen LogP) is 2.20. The van der Waals surface area contributed by atoms with Gasteiger partial charge in [0, 0.05) is 0 Å². The van der Waals surface area contributed by atoms with Crippen molar-refractivity contribution < 1.29 is 0 Å². The van der Waals surface area contributed by atoms with E-state index in [0.29, 0.717) is 26.3 Å². The molecule has 0 rings (SSSR count). The van der Waals surface area contributed by atoms with Gasteiger partial charge < -0.3 is 0 Å². The van der Waals surface area contributed by atoms with Gasteiger partial charge in [-0.2, -0.15) is 0 Å². The fourth-order valence-corrected chi connectivity index (χ4v) is 2.90. The van der Waals surface area contributed by atoms with Crippen LogP contribution in [-0.4, -0.2) is 20.9 Å². The Hall–Kier alpha value is 0.790. The molecule has 0 bridgehead atoms. The van der Waals surface area contributed by atoms with Crippen molar-refractivity contribution in [1.82, 2.24) is 0 Å². The zero-order chi connectivity index (χ0) is 5.91. The van der Waals surface area contributed by atoms with Crippen molar-refractivity contribution in [3.05, 3.63) is 0 Å². The Balaban J connectivity index is 3.15. The van der Waals surface area contributed by atoms with E-state index in [1.807, 2.05) is 0 Å². The van der Waals surface area contributed by atoms with Crippen LogP contribution in [0.3, 0.4) is 0 Å². The molecule has 0 nitrogen and oxygen atoms in total. The molecule has 0 aliphatic heterocycles. The summed E-state index contributed by atoms with van der Waals surface area (Å²) in [5.74, 6) is 0. The van der Waals surface area contributed by atoms with Crippen molar-refractivity contribution >= 4 is 20.9 Å². The van der Waals surface area contributed by atoms with Crippen molar-refractivity contribution in [2.75, 3.05) is 0 Å². The molecule has 0 aliphatic carbocycles. The van der Waals surface area contributed by atoms with Crippen molar-refractivity contribution in [3.8, 4) is 0 Å². The van der Waals surface area contributed by atoms with Crippen LogP contribution >= 0.6 is 0 Å². The van der Waals surface area contributed by atoms with Crippen LogP contribution in [-0.2, 0) is 0 Å². The molecule has 44 valence electrons. The summed E-state index contributed by atoms with van der Waals surface area (Å²) in [7, 11) is 0. The van der Waals surface area contributed by atoms with Crippen molar-refractivity contribution in [2.24, 2.45) is 5.41 Å². The summed E-state index contributed by atoms with van der Waals surface area (Å²) in [6.07, 6.45) is 0. The van der Waals surface area contributed by atoms with E-state index in [4.69, 9.17) is 0 Å². The van der Waals surface area contributed by atoms with E-state index in [1.165, 1.54) is 4.47 Å². The van der Waals surface area contributed by atoms with Crippen LogP contribution < -0.4 is 0 Å². The predicted molar refractivity (Wildman–Crippen MR) is 35.9 cm³/mol. The maximum absolute atomic E-state index is 2.36. The number of hydrogen-bond donors (Lipinski definition) is 0. The third kappa shape index (κ3) is 6.79. The van der Waals surface area contributed by atoms with E-state index in [-0.39, 0.29) is 0 Å². The summed E-state index contributed by atoms with van der Waals surface area (Å²) in [6, 6.07) is 0. The summed E-state index contributed by atoms with van der Waals surface area (Å²) in [5, 5.41) is 0. The first-order valence-corrected chi connectivity index (χ1v) is 6.53. The first-order chi connectivity index (χ1) is 3.06. The van der Waals surface area contributed by atoms with Gasteiger partial charge in [0.2, 0.25) is 0 Å². The van der Waals surface area contributed by atoms with Crippen LogP contribution in [0.5, 0.6) is 0 Å². The summed E-state index contributed by atoms with van der Waals surface area (Å²) in [6.45, 7) is 6.92. The van der Waals surface area contributed by atoms with Gasteiger partial charge in [-0.3, -0.25) is 0 Å². The monoisotopic (exact) mass is 216 g/mol. The second-order valence-corrected chi connectivity index (χ2v) is 5.47. The van der Waals surface area contributed by atoms with Crippen LogP contribution in [0.2, 0.25) is 9.44 Å². The molecule has 0 fully saturated rings. The third-order valence-corrected chi connectivity index (χ3v) is 3.87. The van der Waals surface area contributed by atoms with E-state index >= 15 is 0 Å². The average Bonchev–Trinajstić information content (AvgIpc) is 1.30. The SMILES string of the molecule is C[Te]CC(C)(C)C. The third-order valence-electron chi connectivity index (χ3n) is 0.577. The minimum atomic E-state index is 0.374. The summed E-state index contributed by atoms with van der Waals surface area (Å²) < 4.78 is 1.47. The molecule has 0 aliphatic rings. The van der Waals surface area contributed by atoms with Crippen LogP contribution in [0.4, 0.5) is 0 Å². The molecule has 0 saturated carbocycles. The van der Waals surface area contributed by atoms with Gasteiger partial charge in [-0.05, 0) is 0 Å². The van der Waals surface area contributed by atoms with Crippen LogP contribution in [0.1, 0.15) is 20.8 Å². The minimum absolute atomic E-state index is 0.374. The Labute approximate surface area is 56.8 Å². The van der Waals surface area contributed by atoms with Gasteiger partial charge in [0.15, 0.2) is 0 Å². The molecule has 0 unspecified atom stereocenters. The van der Waals surface area contributed by atoms with Crippen LogP contribution in [0.25, 0.3) is 0 Å². The standard InChI is InChI=1S/C6H14Te/c1-6(2,3)5-7-4/h5H2,1-4H3. The van der Waals surface area contributed by atoms with Gasteiger partial charge in [0.25, 0.3) is 0 Å². The first-order valence-electron chi connectivity index (χ1n) is 2.55. The van der Waals surface area contributed by atoms with Crippen molar-refractivity contribution in [2.45, 2.75) is 30.2 Å². The molecule has 0 aromatic heterocycles. The summed E-state index contributed by atoms with van der Waals surface area (Å²) >= 11 is 0.374. The number of rotatable bonds is 1. The second-order valence-electron chi connectivity index (χ2n) is 2.99. The Kier molecular flexibility index (Phi) is 3.28. The van der Waals surface area contributed by atoms with Gasteiger partial charge in [-0.1, -0.05) is 0 Å². The first kappa shape index (κ1) is 7.79. The van der Waals surface area contributed by atoms with E-state index in [2.05, 4.69) is 25.7 Å². The molecule has 0 atom stereocenters. The van der Waals surface area contributed by atoms with E-state index in [9.17, 15) is 0 Å². The Bertz CT molecular complexity index is 42.6. The molecule has 0 heterocycles. The zero-order valence-corrected chi connectivity index (χ0v) is 7.95. The summed E-state index contributed by atoms with van der Waals surface area (Å²) in [4.78, 5) is 2.36. The van der Waals surface area contributed by atoms with E-state index < -0.39 is 0 Å². The van der Waals surface area contributed by atoms with Gasteiger partial charge >= 0.3 is 56.5 Å². The molecule has 0 N–H and O–H groups in total. The fourth-order valence-electron chi connectivity index (χ4n) is 0.433. The fraction of sp³-hybridized carbons (Fsp3) is 1.00. The molecule has 0 aromatic carbocycles. The molecule has 7 heavy (non-hydrogen) atoms.